The number of anilines is 1. The van der Waals surface area contributed by atoms with Crippen molar-refractivity contribution in [2.24, 2.45) is 0 Å². The molecule has 1 heterocycles. The second-order valence-corrected chi connectivity index (χ2v) is 9.81. The maximum absolute atomic E-state index is 13.1. The summed E-state index contributed by atoms with van der Waals surface area (Å²) < 4.78 is 6.78. The predicted molar refractivity (Wildman–Crippen MR) is 139 cm³/mol. The van der Waals surface area contributed by atoms with Crippen molar-refractivity contribution in [2.45, 2.75) is 39.0 Å². The van der Waals surface area contributed by atoms with Gasteiger partial charge < -0.3 is 15.0 Å². The van der Waals surface area contributed by atoms with Gasteiger partial charge in [-0.3, -0.25) is 9.59 Å². The second kappa shape index (κ2) is 12.0. The summed E-state index contributed by atoms with van der Waals surface area (Å²) >= 11 is 6.43. The fourth-order valence-corrected chi connectivity index (χ4v) is 3.79. The summed E-state index contributed by atoms with van der Waals surface area (Å²) in [6, 6.07) is 18.7. The van der Waals surface area contributed by atoms with Gasteiger partial charge in [-0.25, -0.2) is 4.68 Å². The molecular formula is C27H33ClN4O3. The summed E-state index contributed by atoms with van der Waals surface area (Å²) in [4.78, 5) is 27.7. The monoisotopic (exact) mass is 496 g/mol. The van der Waals surface area contributed by atoms with Gasteiger partial charge in [-0.15, -0.1) is 0 Å². The first kappa shape index (κ1) is 26.4. The number of benzene rings is 2. The molecular weight excluding hydrogens is 464 g/mol. The molecule has 0 aliphatic carbocycles. The number of para-hydroxylation sites is 1. The molecule has 0 fully saturated rings. The second-order valence-electron chi connectivity index (χ2n) is 9.40. The summed E-state index contributed by atoms with van der Waals surface area (Å²) in [5, 5.41) is 8.18. The summed E-state index contributed by atoms with van der Waals surface area (Å²) in [6.07, 6.45) is 0.864. The van der Waals surface area contributed by atoms with Crippen molar-refractivity contribution in [3.8, 4) is 5.69 Å². The number of amides is 2. The summed E-state index contributed by atoms with van der Waals surface area (Å²) in [5.41, 5.74) is 2.15. The standard InChI is InChI=1S/C27H33ClN4O3/c1-27(2,3)23-18-24(32(30-23)22-14-9-8-13-21(22)28)29-25(33)19-31(15-10-16-35-4)26(34)17-20-11-6-5-7-12-20/h5-9,11-14,18H,10,15-17,19H2,1-4H3,(H,29,33). The number of nitrogens with zero attached hydrogens (tertiary/aromatic N) is 3. The number of halogens is 1. The van der Waals surface area contributed by atoms with Gasteiger partial charge in [0, 0.05) is 31.7 Å². The highest BCUT2D eigenvalue weighted by Crippen LogP contribution is 2.29. The third kappa shape index (κ3) is 7.41. The largest absolute Gasteiger partial charge is 0.385 e. The number of carbonyl (C=O) groups is 2. The molecule has 3 aromatic rings. The number of ether oxygens (including phenoxy) is 1. The van der Waals surface area contributed by atoms with E-state index in [1.165, 1.54) is 0 Å². The zero-order valence-corrected chi connectivity index (χ0v) is 21.5. The van der Waals surface area contributed by atoms with E-state index in [-0.39, 0.29) is 30.2 Å². The van der Waals surface area contributed by atoms with Crippen LogP contribution in [0.3, 0.4) is 0 Å². The molecule has 0 aliphatic heterocycles. The lowest BCUT2D eigenvalue weighted by Crippen LogP contribution is -2.40. The molecule has 0 atom stereocenters. The highest BCUT2D eigenvalue weighted by Gasteiger charge is 2.23. The molecule has 0 radical (unpaired) electrons. The maximum Gasteiger partial charge on any atom is 0.245 e. The molecule has 0 saturated carbocycles. The van der Waals surface area contributed by atoms with Crippen LogP contribution in [0.5, 0.6) is 0 Å². The van der Waals surface area contributed by atoms with E-state index >= 15 is 0 Å². The number of aromatic nitrogens is 2. The van der Waals surface area contributed by atoms with Crippen LogP contribution in [0.25, 0.3) is 5.69 Å². The summed E-state index contributed by atoms with van der Waals surface area (Å²) in [7, 11) is 1.62. The van der Waals surface area contributed by atoms with Crippen LogP contribution in [0.2, 0.25) is 5.02 Å². The normalized spacial score (nSPS) is 11.3. The number of hydrogen-bond donors (Lipinski definition) is 1. The van der Waals surface area contributed by atoms with Gasteiger partial charge in [0.15, 0.2) is 0 Å². The van der Waals surface area contributed by atoms with Crippen LogP contribution in [0.4, 0.5) is 5.82 Å². The Morgan fingerprint density at radius 3 is 2.43 bits per heavy atom. The third-order valence-electron chi connectivity index (χ3n) is 5.49. The quantitative estimate of drug-likeness (QED) is 0.406. The molecule has 3 rings (SSSR count). The lowest BCUT2D eigenvalue weighted by Gasteiger charge is -2.22. The van der Waals surface area contributed by atoms with Crippen LogP contribution in [0, 0.1) is 0 Å². The number of carbonyl (C=O) groups excluding carboxylic acids is 2. The molecule has 1 N–H and O–H groups in total. The van der Waals surface area contributed by atoms with Gasteiger partial charge in [0.25, 0.3) is 0 Å². The number of nitrogens with one attached hydrogen (secondary N) is 1. The van der Waals surface area contributed by atoms with Crippen LogP contribution < -0.4 is 5.32 Å². The van der Waals surface area contributed by atoms with Crippen molar-refractivity contribution in [1.29, 1.82) is 0 Å². The van der Waals surface area contributed by atoms with Crippen molar-refractivity contribution < 1.29 is 14.3 Å². The molecule has 0 saturated heterocycles. The van der Waals surface area contributed by atoms with Crippen molar-refractivity contribution >= 4 is 29.2 Å². The van der Waals surface area contributed by atoms with E-state index in [0.717, 1.165) is 11.3 Å². The zero-order chi connectivity index (χ0) is 25.4. The van der Waals surface area contributed by atoms with Crippen LogP contribution in [-0.2, 0) is 26.2 Å². The van der Waals surface area contributed by atoms with Gasteiger partial charge in [-0.1, -0.05) is 74.8 Å². The van der Waals surface area contributed by atoms with Gasteiger partial charge in [0.05, 0.1) is 29.4 Å². The Morgan fingerprint density at radius 2 is 1.77 bits per heavy atom. The SMILES string of the molecule is COCCCN(CC(=O)Nc1cc(C(C)(C)C)nn1-c1ccccc1Cl)C(=O)Cc1ccccc1. The van der Waals surface area contributed by atoms with Crippen molar-refractivity contribution in [3.63, 3.8) is 0 Å². The van der Waals surface area contributed by atoms with E-state index in [0.29, 0.717) is 36.1 Å². The molecule has 1 aromatic heterocycles. The van der Waals surface area contributed by atoms with E-state index in [1.807, 2.05) is 54.6 Å². The molecule has 0 bridgehead atoms. The average Bonchev–Trinajstić information content (AvgIpc) is 3.23. The topological polar surface area (TPSA) is 76.5 Å². The number of methoxy groups -OCH3 is 1. The summed E-state index contributed by atoms with van der Waals surface area (Å²) in [5.74, 6) is 0.0790. The average molecular weight is 497 g/mol. The van der Waals surface area contributed by atoms with Crippen LogP contribution in [0.1, 0.15) is 38.4 Å². The van der Waals surface area contributed by atoms with Crippen LogP contribution in [0.15, 0.2) is 60.7 Å². The highest BCUT2D eigenvalue weighted by atomic mass is 35.5. The highest BCUT2D eigenvalue weighted by molar-refractivity contribution is 6.32. The maximum atomic E-state index is 13.1. The van der Waals surface area contributed by atoms with Crippen molar-refractivity contribution in [3.05, 3.63) is 76.9 Å². The van der Waals surface area contributed by atoms with Gasteiger partial charge in [0.1, 0.15) is 5.82 Å². The van der Waals surface area contributed by atoms with Gasteiger partial charge in [-0.2, -0.15) is 5.10 Å². The fraction of sp³-hybridized carbons (Fsp3) is 0.370. The first-order valence-corrected chi connectivity index (χ1v) is 12.0. The molecule has 0 aliphatic rings. The minimum atomic E-state index is -0.308. The van der Waals surface area contributed by atoms with Crippen LogP contribution in [-0.4, -0.2) is 53.3 Å². The van der Waals surface area contributed by atoms with E-state index in [2.05, 4.69) is 26.1 Å². The molecule has 7 nitrogen and oxygen atoms in total. The van der Waals surface area contributed by atoms with Gasteiger partial charge in [0.2, 0.25) is 11.8 Å². The Balaban J connectivity index is 1.81. The van der Waals surface area contributed by atoms with Crippen molar-refractivity contribution in [1.82, 2.24) is 14.7 Å². The lowest BCUT2D eigenvalue weighted by molar-refractivity contribution is -0.134. The molecule has 8 heteroatoms. The number of hydrogen-bond acceptors (Lipinski definition) is 4. The first-order valence-electron chi connectivity index (χ1n) is 11.6. The number of rotatable bonds is 10. The molecule has 0 spiro atoms. The molecule has 0 unspecified atom stereocenters. The van der Waals surface area contributed by atoms with Gasteiger partial charge >= 0.3 is 0 Å². The minimum Gasteiger partial charge on any atom is -0.385 e. The van der Waals surface area contributed by atoms with E-state index in [9.17, 15) is 9.59 Å². The predicted octanol–water partition coefficient (Wildman–Crippen LogP) is 4.87. The van der Waals surface area contributed by atoms with E-state index in [4.69, 9.17) is 21.4 Å². The van der Waals surface area contributed by atoms with Crippen LogP contribution >= 0.6 is 11.6 Å². The minimum absolute atomic E-state index is 0.0755. The summed E-state index contributed by atoms with van der Waals surface area (Å²) in [6.45, 7) is 7.01. The Hall–Kier alpha value is -3.16. The molecule has 2 amide bonds. The van der Waals surface area contributed by atoms with E-state index in [1.54, 1.807) is 22.8 Å². The Morgan fingerprint density at radius 1 is 1.09 bits per heavy atom. The van der Waals surface area contributed by atoms with Crippen molar-refractivity contribution in [2.75, 3.05) is 32.1 Å². The molecule has 2 aromatic carbocycles. The lowest BCUT2D eigenvalue weighted by atomic mass is 9.92. The molecule has 35 heavy (non-hydrogen) atoms. The Kier molecular flexibility index (Phi) is 9.07. The Bertz CT molecular complexity index is 1140. The van der Waals surface area contributed by atoms with Gasteiger partial charge in [-0.05, 0) is 24.1 Å². The molecule has 186 valence electrons. The Labute approximate surface area is 212 Å². The zero-order valence-electron chi connectivity index (χ0n) is 20.8. The third-order valence-corrected chi connectivity index (χ3v) is 5.81. The van der Waals surface area contributed by atoms with E-state index < -0.39 is 0 Å². The fourth-order valence-electron chi connectivity index (χ4n) is 3.57. The first-order chi connectivity index (χ1) is 16.7. The smallest absolute Gasteiger partial charge is 0.245 e.